The molecule has 6 heteroatoms. The largest absolute Gasteiger partial charge is 0.395 e. The third-order valence-corrected chi connectivity index (χ3v) is 5.17. The van der Waals surface area contributed by atoms with Crippen molar-refractivity contribution in [3.8, 4) is 0 Å². The Labute approximate surface area is 168 Å². The minimum atomic E-state index is -0.645. The molecule has 28 heavy (non-hydrogen) atoms. The molecule has 0 bridgehead atoms. The van der Waals surface area contributed by atoms with Gasteiger partial charge in [-0.15, -0.1) is 0 Å². The molecule has 1 aliphatic carbocycles. The van der Waals surface area contributed by atoms with E-state index in [1.807, 2.05) is 12.2 Å². The molecule has 0 aromatic carbocycles. The summed E-state index contributed by atoms with van der Waals surface area (Å²) in [5, 5.41) is 31.5. The van der Waals surface area contributed by atoms with Crippen LogP contribution in [-0.4, -0.2) is 52.4 Å². The maximum Gasteiger partial charge on any atom is 0.220 e. The third-order valence-electron chi connectivity index (χ3n) is 5.17. The summed E-state index contributed by atoms with van der Waals surface area (Å²) in [6, 6.07) is 0. The molecule has 1 fully saturated rings. The minimum absolute atomic E-state index is 0.0310. The van der Waals surface area contributed by atoms with Crippen LogP contribution >= 0.6 is 0 Å². The first-order valence-corrected chi connectivity index (χ1v) is 10.6. The van der Waals surface area contributed by atoms with Crippen LogP contribution in [0.25, 0.3) is 0 Å². The molecule has 4 N–H and O–H groups in total. The second kappa shape index (κ2) is 14.5. The van der Waals surface area contributed by atoms with Crippen molar-refractivity contribution in [1.82, 2.24) is 5.32 Å². The zero-order valence-electron chi connectivity index (χ0n) is 17.1. The highest BCUT2D eigenvalue weighted by Gasteiger charge is 2.39. The van der Waals surface area contributed by atoms with E-state index in [4.69, 9.17) is 5.11 Å². The van der Waals surface area contributed by atoms with Crippen LogP contribution in [0.15, 0.2) is 24.3 Å². The van der Waals surface area contributed by atoms with E-state index in [0.29, 0.717) is 25.7 Å². The molecule has 160 valence electrons. The van der Waals surface area contributed by atoms with Crippen LogP contribution in [0.2, 0.25) is 0 Å². The summed E-state index contributed by atoms with van der Waals surface area (Å²) in [4.78, 5) is 23.6. The van der Waals surface area contributed by atoms with Crippen LogP contribution in [0.5, 0.6) is 0 Å². The van der Waals surface area contributed by atoms with Crippen LogP contribution in [0.1, 0.15) is 64.7 Å². The number of rotatable bonds is 14. The molecule has 0 saturated heterocycles. The van der Waals surface area contributed by atoms with Crippen molar-refractivity contribution in [2.24, 2.45) is 11.8 Å². The van der Waals surface area contributed by atoms with Gasteiger partial charge in [-0.2, -0.15) is 0 Å². The molecule has 0 aliphatic heterocycles. The SMILES string of the molecule is CCCCCC(O)/C=C/[C@H]1C(=O)CC(O)C1C/C=C/CCCC(=O)NCCO. The van der Waals surface area contributed by atoms with Gasteiger partial charge in [-0.1, -0.05) is 50.5 Å². The van der Waals surface area contributed by atoms with E-state index in [2.05, 4.69) is 12.2 Å². The number of carbonyl (C=O) groups is 2. The zero-order chi connectivity index (χ0) is 20.8. The van der Waals surface area contributed by atoms with Gasteiger partial charge in [0, 0.05) is 31.2 Å². The van der Waals surface area contributed by atoms with Crippen LogP contribution in [0, 0.1) is 11.8 Å². The average molecular weight is 396 g/mol. The van der Waals surface area contributed by atoms with E-state index in [1.54, 1.807) is 12.2 Å². The fourth-order valence-corrected chi connectivity index (χ4v) is 3.51. The van der Waals surface area contributed by atoms with E-state index in [1.165, 1.54) is 0 Å². The van der Waals surface area contributed by atoms with Gasteiger partial charge in [0.15, 0.2) is 0 Å². The fourth-order valence-electron chi connectivity index (χ4n) is 3.51. The first-order chi connectivity index (χ1) is 13.5. The summed E-state index contributed by atoms with van der Waals surface area (Å²) in [6.45, 7) is 2.34. The summed E-state index contributed by atoms with van der Waals surface area (Å²) >= 11 is 0. The Hall–Kier alpha value is -1.50. The smallest absolute Gasteiger partial charge is 0.220 e. The predicted molar refractivity (Wildman–Crippen MR) is 110 cm³/mol. The summed E-state index contributed by atoms with van der Waals surface area (Å²) in [7, 11) is 0. The zero-order valence-corrected chi connectivity index (χ0v) is 17.1. The van der Waals surface area contributed by atoms with Gasteiger partial charge in [0.05, 0.1) is 18.8 Å². The van der Waals surface area contributed by atoms with Gasteiger partial charge in [-0.3, -0.25) is 9.59 Å². The molecular weight excluding hydrogens is 358 g/mol. The van der Waals surface area contributed by atoms with Crippen molar-refractivity contribution >= 4 is 11.7 Å². The lowest BCUT2D eigenvalue weighted by Gasteiger charge is -2.17. The number of amides is 1. The number of unbranched alkanes of at least 4 members (excludes halogenated alkanes) is 3. The van der Waals surface area contributed by atoms with Crippen molar-refractivity contribution in [3.63, 3.8) is 0 Å². The van der Waals surface area contributed by atoms with Gasteiger partial charge in [0.25, 0.3) is 0 Å². The van der Waals surface area contributed by atoms with Crippen molar-refractivity contribution in [1.29, 1.82) is 0 Å². The molecule has 1 amide bonds. The first kappa shape index (κ1) is 24.5. The molecule has 0 radical (unpaired) electrons. The molecule has 0 aromatic heterocycles. The molecule has 0 aromatic rings. The standard InChI is InChI=1S/C22H37NO5/c1-2-3-6-9-17(25)12-13-19-18(20(26)16-21(19)27)10-7-4-5-8-11-22(28)23-14-15-24/h4,7,12-13,17-20,24-26H,2-3,5-6,8-11,14-16H2,1H3,(H,23,28)/b7-4+,13-12+/t17?,18?,19-,20?/m1/s1. The number of ketones is 1. The maximum absolute atomic E-state index is 12.2. The first-order valence-electron chi connectivity index (χ1n) is 10.6. The van der Waals surface area contributed by atoms with E-state index >= 15 is 0 Å². The summed E-state index contributed by atoms with van der Waals surface area (Å²) in [5.41, 5.74) is 0. The summed E-state index contributed by atoms with van der Waals surface area (Å²) in [6.07, 6.45) is 12.8. The quantitative estimate of drug-likeness (QED) is 0.267. The second-order valence-electron chi connectivity index (χ2n) is 7.55. The van der Waals surface area contributed by atoms with Gasteiger partial charge in [0.2, 0.25) is 5.91 Å². The lowest BCUT2D eigenvalue weighted by Crippen LogP contribution is -2.25. The molecule has 0 heterocycles. The highest BCUT2D eigenvalue weighted by Crippen LogP contribution is 2.33. The van der Waals surface area contributed by atoms with Crippen LogP contribution < -0.4 is 5.32 Å². The van der Waals surface area contributed by atoms with Crippen molar-refractivity contribution in [2.75, 3.05) is 13.2 Å². The number of hydrogen-bond acceptors (Lipinski definition) is 5. The summed E-state index contributed by atoms with van der Waals surface area (Å²) in [5.74, 6) is -0.536. The Morgan fingerprint density at radius 2 is 2.07 bits per heavy atom. The van der Waals surface area contributed by atoms with E-state index in [-0.39, 0.29) is 43.1 Å². The van der Waals surface area contributed by atoms with Crippen molar-refractivity contribution in [2.45, 2.75) is 76.9 Å². The maximum atomic E-state index is 12.2. The molecule has 6 nitrogen and oxygen atoms in total. The van der Waals surface area contributed by atoms with Gasteiger partial charge in [-0.25, -0.2) is 0 Å². The molecule has 0 spiro atoms. The Bertz CT molecular complexity index is 517. The van der Waals surface area contributed by atoms with E-state index in [9.17, 15) is 19.8 Å². The number of nitrogens with one attached hydrogen (secondary N) is 1. The Morgan fingerprint density at radius 3 is 2.79 bits per heavy atom. The Morgan fingerprint density at radius 1 is 1.29 bits per heavy atom. The second-order valence-corrected chi connectivity index (χ2v) is 7.55. The van der Waals surface area contributed by atoms with Gasteiger partial charge >= 0.3 is 0 Å². The number of Topliss-reactive ketones (excluding diaryl/α,β-unsaturated/α-hetero) is 1. The highest BCUT2D eigenvalue weighted by atomic mass is 16.3. The van der Waals surface area contributed by atoms with Crippen LogP contribution in [0.4, 0.5) is 0 Å². The molecule has 1 rings (SSSR count). The van der Waals surface area contributed by atoms with Crippen molar-refractivity contribution in [3.05, 3.63) is 24.3 Å². The number of hydrogen-bond donors (Lipinski definition) is 4. The van der Waals surface area contributed by atoms with Crippen molar-refractivity contribution < 1.29 is 24.9 Å². The average Bonchev–Trinajstić information content (AvgIpc) is 2.94. The van der Waals surface area contributed by atoms with E-state index < -0.39 is 12.2 Å². The Kier molecular flexibility index (Phi) is 12.7. The summed E-state index contributed by atoms with van der Waals surface area (Å²) < 4.78 is 0. The predicted octanol–water partition coefficient (Wildman–Crippen LogP) is 2.28. The lowest BCUT2D eigenvalue weighted by atomic mass is 9.90. The monoisotopic (exact) mass is 395 g/mol. The van der Waals surface area contributed by atoms with E-state index in [0.717, 1.165) is 25.7 Å². The topological polar surface area (TPSA) is 107 Å². The van der Waals surface area contributed by atoms with Gasteiger partial charge in [0.1, 0.15) is 5.78 Å². The Balaban J connectivity index is 2.40. The molecule has 3 unspecified atom stereocenters. The number of aliphatic hydroxyl groups is 3. The lowest BCUT2D eigenvalue weighted by molar-refractivity contribution is -0.121. The number of aliphatic hydroxyl groups excluding tert-OH is 3. The van der Waals surface area contributed by atoms with Gasteiger partial charge < -0.3 is 20.6 Å². The number of carbonyl (C=O) groups excluding carboxylic acids is 2. The highest BCUT2D eigenvalue weighted by molar-refractivity contribution is 5.86. The number of allylic oxidation sites excluding steroid dienone is 3. The molecule has 1 saturated carbocycles. The van der Waals surface area contributed by atoms with Crippen LogP contribution in [-0.2, 0) is 9.59 Å². The molecular formula is C22H37NO5. The third kappa shape index (κ3) is 9.62. The molecule has 1 aliphatic rings. The minimum Gasteiger partial charge on any atom is -0.395 e. The fraction of sp³-hybridized carbons (Fsp3) is 0.727. The van der Waals surface area contributed by atoms with Crippen LogP contribution in [0.3, 0.4) is 0 Å². The molecule has 4 atom stereocenters. The van der Waals surface area contributed by atoms with Gasteiger partial charge in [-0.05, 0) is 25.7 Å². The normalized spacial score (nSPS) is 23.7.